The minimum Gasteiger partial charge on any atom is -0.467 e. The van der Waals surface area contributed by atoms with Crippen LogP contribution in [0.3, 0.4) is 0 Å². The third kappa shape index (κ3) is 6.77. The highest BCUT2D eigenvalue weighted by Crippen LogP contribution is 2.22. The molecule has 0 saturated heterocycles. The van der Waals surface area contributed by atoms with Crippen LogP contribution in [0.25, 0.3) is 11.0 Å². The number of fused-ring (bicyclic) bond motifs is 1. The average Bonchev–Trinajstić information content (AvgIpc) is 2.96. The third-order valence-electron chi connectivity index (χ3n) is 6.06. The van der Waals surface area contributed by atoms with Crippen LogP contribution >= 0.6 is 0 Å². The van der Waals surface area contributed by atoms with Gasteiger partial charge in [0.25, 0.3) is 11.8 Å². The lowest BCUT2D eigenvalue weighted by Gasteiger charge is -2.18. The fourth-order valence-corrected chi connectivity index (χ4v) is 4.01. The summed E-state index contributed by atoms with van der Waals surface area (Å²) in [7, 11) is 1.47. The summed E-state index contributed by atoms with van der Waals surface area (Å²) in [5.41, 5.74) is 1.38. The van der Waals surface area contributed by atoms with Gasteiger partial charge in [0.2, 0.25) is 5.78 Å². The number of carbonyl (C=O) groups excluding carboxylic acids is 3. The number of Topliss-reactive ketones (excluding diaryl/α,β-unsaturated/α-hetero) is 1. The fraction of sp³-hybridized carbons (Fsp3) is 0.200. The Morgan fingerprint density at radius 2 is 1.59 bits per heavy atom. The van der Waals surface area contributed by atoms with Crippen molar-refractivity contribution in [3.63, 3.8) is 0 Å². The first kappa shape index (κ1) is 27.3. The van der Waals surface area contributed by atoms with Gasteiger partial charge in [0.15, 0.2) is 18.0 Å². The largest absolute Gasteiger partial charge is 0.467 e. The number of hydrogen-bond acceptors (Lipinski definition) is 7. The van der Waals surface area contributed by atoms with Crippen LogP contribution in [0.1, 0.15) is 27.2 Å². The molecule has 200 valence electrons. The summed E-state index contributed by atoms with van der Waals surface area (Å²) in [4.78, 5) is 52.3. The van der Waals surface area contributed by atoms with Gasteiger partial charge in [0.1, 0.15) is 17.4 Å². The number of carbonyl (C=O) groups is 3. The molecule has 4 aromatic rings. The van der Waals surface area contributed by atoms with E-state index in [-0.39, 0.29) is 42.1 Å². The van der Waals surface area contributed by atoms with E-state index in [2.05, 4.69) is 10.6 Å². The quantitative estimate of drug-likeness (QED) is 0.226. The maximum Gasteiger partial charge on any atom is 0.289 e. The molecular weight excluding hydrogens is 500 g/mol. The number of hydrogen-bond donors (Lipinski definition) is 2. The Bertz CT molecular complexity index is 1530. The van der Waals surface area contributed by atoms with Crippen LogP contribution < -0.4 is 20.8 Å². The van der Waals surface area contributed by atoms with Crippen molar-refractivity contribution in [1.29, 1.82) is 0 Å². The van der Waals surface area contributed by atoms with Gasteiger partial charge in [0.05, 0.1) is 5.39 Å². The van der Waals surface area contributed by atoms with E-state index in [0.29, 0.717) is 5.75 Å². The number of nitrogens with one attached hydrogen (secondary N) is 2. The molecule has 1 unspecified atom stereocenters. The molecule has 4 rings (SSSR count). The lowest BCUT2D eigenvalue weighted by molar-refractivity contribution is -0.139. The minimum absolute atomic E-state index is 0.00937. The van der Waals surface area contributed by atoms with Crippen molar-refractivity contribution in [2.45, 2.75) is 25.9 Å². The van der Waals surface area contributed by atoms with Crippen LogP contribution in [0.5, 0.6) is 5.75 Å². The van der Waals surface area contributed by atoms with Gasteiger partial charge in [-0.05, 0) is 30.2 Å². The van der Waals surface area contributed by atoms with Gasteiger partial charge in [-0.1, -0.05) is 60.7 Å². The van der Waals surface area contributed by atoms with Crippen molar-refractivity contribution in [2.24, 2.45) is 0 Å². The highest BCUT2D eigenvalue weighted by molar-refractivity contribution is 6.38. The summed E-state index contributed by atoms with van der Waals surface area (Å²) in [5, 5.41) is 5.49. The Balaban J connectivity index is 1.59. The Morgan fingerprint density at radius 3 is 2.26 bits per heavy atom. The lowest BCUT2D eigenvalue weighted by Crippen LogP contribution is -2.48. The minimum atomic E-state index is -1.20. The zero-order valence-electron chi connectivity index (χ0n) is 21.6. The zero-order valence-corrected chi connectivity index (χ0v) is 21.6. The van der Waals surface area contributed by atoms with Crippen molar-refractivity contribution in [2.75, 3.05) is 13.9 Å². The Morgan fingerprint density at radius 1 is 0.923 bits per heavy atom. The predicted octanol–water partition coefficient (Wildman–Crippen LogP) is 3.31. The molecule has 0 aliphatic carbocycles. The Kier molecular flexibility index (Phi) is 8.86. The van der Waals surface area contributed by atoms with Gasteiger partial charge in [-0.15, -0.1) is 0 Å². The number of rotatable bonds is 11. The van der Waals surface area contributed by atoms with Crippen molar-refractivity contribution < 1.29 is 28.3 Å². The molecule has 0 bridgehead atoms. The van der Waals surface area contributed by atoms with Gasteiger partial charge < -0.3 is 24.5 Å². The monoisotopic (exact) mass is 528 g/mol. The molecule has 2 amide bonds. The standard InChI is InChI=1S/C30H28N2O7/c1-19-26(33)23-14-13-22(38-18-37-2)16-25(23)39-28(19)30(36)32-24(15-20-9-5-3-6-10-20)27(34)29(35)31-17-21-11-7-4-8-12-21/h3-14,16,24H,15,17-18H2,1-2H3,(H,31,35)(H,32,36). The van der Waals surface area contributed by atoms with Crippen LogP contribution in [0.2, 0.25) is 0 Å². The maximum atomic E-state index is 13.3. The molecule has 9 nitrogen and oxygen atoms in total. The highest BCUT2D eigenvalue weighted by atomic mass is 16.7. The van der Waals surface area contributed by atoms with E-state index in [9.17, 15) is 19.2 Å². The molecule has 0 radical (unpaired) electrons. The van der Waals surface area contributed by atoms with E-state index in [1.54, 1.807) is 36.4 Å². The molecule has 1 aromatic heterocycles. The van der Waals surface area contributed by atoms with E-state index in [1.807, 2.05) is 36.4 Å². The Hall–Kier alpha value is -4.76. The van der Waals surface area contributed by atoms with Crippen molar-refractivity contribution >= 4 is 28.6 Å². The molecule has 9 heteroatoms. The molecule has 0 saturated carbocycles. The van der Waals surface area contributed by atoms with Crippen molar-refractivity contribution in [3.8, 4) is 5.75 Å². The van der Waals surface area contributed by atoms with Crippen LogP contribution in [-0.4, -0.2) is 37.5 Å². The molecule has 2 N–H and O–H groups in total. The van der Waals surface area contributed by atoms with E-state index >= 15 is 0 Å². The third-order valence-corrected chi connectivity index (χ3v) is 6.06. The van der Waals surface area contributed by atoms with Crippen LogP contribution in [0.15, 0.2) is 88.1 Å². The summed E-state index contributed by atoms with van der Waals surface area (Å²) in [6.07, 6.45) is 0.0655. The van der Waals surface area contributed by atoms with Gasteiger partial charge in [-0.3, -0.25) is 19.2 Å². The normalized spacial score (nSPS) is 11.5. The number of methoxy groups -OCH3 is 1. The van der Waals surface area contributed by atoms with Crippen LogP contribution in [0, 0.1) is 6.92 Å². The first-order chi connectivity index (χ1) is 18.9. The van der Waals surface area contributed by atoms with Gasteiger partial charge in [-0.2, -0.15) is 0 Å². The molecule has 0 aliphatic rings. The smallest absolute Gasteiger partial charge is 0.289 e. The maximum absolute atomic E-state index is 13.3. The second-order valence-electron chi connectivity index (χ2n) is 8.84. The molecule has 0 spiro atoms. The number of ketones is 1. The van der Waals surface area contributed by atoms with Crippen LogP contribution in [-0.2, 0) is 27.3 Å². The van der Waals surface area contributed by atoms with E-state index in [1.165, 1.54) is 20.1 Å². The fourth-order valence-electron chi connectivity index (χ4n) is 4.01. The summed E-state index contributed by atoms with van der Waals surface area (Å²) in [5.74, 6) is -2.32. The average molecular weight is 529 g/mol. The predicted molar refractivity (Wildman–Crippen MR) is 144 cm³/mol. The molecule has 1 atom stereocenters. The number of benzene rings is 3. The number of ether oxygens (including phenoxy) is 2. The second-order valence-corrected chi connectivity index (χ2v) is 8.84. The summed E-state index contributed by atoms with van der Waals surface area (Å²) >= 11 is 0. The second kappa shape index (κ2) is 12.7. The van der Waals surface area contributed by atoms with E-state index in [4.69, 9.17) is 13.9 Å². The topological polar surface area (TPSA) is 124 Å². The van der Waals surface area contributed by atoms with Gasteiger partial charge in [0, 0.05) is 31.7 Å². The van der Waals surface area contributed by atoms with Gasteiger partial charge in [-0.25, -0.2) is 0 Å². The van der Waals surface area contributed by atoms with Crippen LogP contribution in [0.4, 0.5) is 0 Å². The van der Waals surface area contributed by atoms with E-state index in [0.717, 1.165) is 11.1 Å². The molecule has 0 fully saturated rings. The molecule has 0 aliphatic heterocycles. The molecule has 1 heterocycles. The molecular formula is C30H28N2O7. The summed E-state index contributed by atoms with van der Waals surface area (Å²) in [6, 6.07) is 21.6. The van der Waals surface area contributed by atoms with Crippen molar-refractivity contribution in [1.82, 2.24) is 10.6 Å². The summed E-state index contributed by atoms with van der Waals surface area (Å²) in [6.45, 7) is 1.62. The SMILES string of the molecule is COCOc1ccc2c(=O)c(C)c(C(=O)NC(Cc3ccccc3)C(=O)C(=O)NCc3ccccc3)oc2c1. The lowest BCUT2D eigenvalue weighted by atomic mass is 10.0. The Labute approximate surface area is 224 Å². The first-order valence-electron chi connectivity index (χ1n) is 12.3. The van der Waals surface area contributed by atoms with Crippen molar-refractivity contribution in [3.05, 3.63) is 112 Å². The summed E-state index contributed by atoms with van der Waals surface area (Å²) < 4.78 is 16.1. The number of amides is 2. The van der Waals surface area contributed by atoms with E-state index < -0.39 is 29.1 Å². The van der Waals surface area contributed by atoms with Gasteiger partial charge >= 0.3 is 0 Å². The first-order valence-corrected chi connectivity index (χ1v) is 12.3. The zero-order chi connectivity index (χ0) is 27.8. The molecule has 3 aromatic carbocycles. The highest BCUT2D eigenvalue weighted by Gasteiger charge is 2.29. The molecule has 39 heavy (non-hydrogen) atoms.